The number of hydrogen-bond acceptors (Lipinski definition) is 4. The molecule has 0 aromatic carbocycles. The first kappa shape index (κ1) is 12.9. The van der Waals surface area contributed by atoms with Crippen molar-refractivity contribution in [3.63, 3.8) is 0 Å². The zero-order valence-electron chi connectivity index (χ0n) is 11.1. The van der Waals surface area contributed by atoms with E-state index in [0.29, 0.717) is 18.1 Å². The van der Waals surface area contributed by atoms with E-state index in [0.717, 1.165) is 51.9 Å². The average molecular weight is 255 g/mol. The number of hydrogen-bond donors (Lipinski definition) is 1. The molecule has 3 aliphatic rings. The van der Waals surface area contributed by atoms with E-state index in [1.807, 2.05) is 0 Å². The van der Waals surface area contributed by atoms with Gasteiger partial charge in [0, 0.05) is 25.1 Å². The van der Waals surface area contributed by atoms with Gasteiger partial charge in [-0.2, -0.15) is 0 Å². The minimum atomic E-state index is 0.318. The van der Waals surface area contributed by atoms with Crippen LogP contribution in [0.25, 0.3) is 0 Å². The molecule has 3 atom stereocenters. The topological polar surface area (TPSA) is 39.7 Å². The van der Waals surface area contributed by atoms with Gasteiger partial charge in [0.15, 0.2) is 0 Å². The molecule has 3 fully saturated rings. The molecule has 0 spiro atoms. The van der Waals surface area contributed by atoms with Crippen LogP contribution in [-0.2, 0) is 14.2 Å². The predicted molar refractivity (Wildman–Crippen MR) is 68.7 cm³/mol. The lowest BCUT2D eigenvalue weighted by molar-refractivity contribution is -0.0225. The Hall–Kier alpha value is -0.160. The standard InChI is InChI=1S/C14H25NO3/c1-2-12(1)15-7-13-3-4-14(18-13)10-17-9-11-5-6-16-8-11/h11-15H,1-10H2. The van der Waals surface area contributed by atoms with E-state index in [9.17, 15) is 0 Å². The van der Waals surface area contributed by atoms with Crippen molar-refractivity contribution >= 4 is 0 Å². The van der Waals surface area contributed by atoms with Gasteiger partial charge in [-0.15, -0.1) is 0 Å². The Morgan fingerprint density at radius 2 is 1.89 bits per heavy atom. The van der Waals surface area contributed by atoms with Crippen LogP contribution in [0, 0.1) is 5.92 Å². The highest BCUT2D eigenvalue weighted by molar-refractivity contribution is 4.84. The van der Waals surface area contributed by atoms with Crippen molar-refractivity contribution in [1.29, 1.82) is 0 Å². The van der Waals surface area contributed by atoms with E-state index in [4.69, 9.17) is 14.2 Å². The summed E-state index contributed by atoms with van der Waals surface area (Å²) < 4.78 is 17.1. The lowest BCUT2D eigenvalue weighted by atomic mass is 10.1. The molecule has 2 heterocycles. The first-order valence-corrected chi connectivity index (χ1v) is 7.44. The molecule has 104 valence electrons. The summed E-state index contributed by atoms with van der Waals surface area (Å²) in [5.74, 6) is 0.610. The fourth-order valence-corrected chi connectivity index (χ4v) is 2.72. The van der Waals surface area contributed by atoms with E-state index in [1.54, 1.807) is 0 Å². The first-order valence-electron chi connectivity index (χ1n) is 7.44. The van der Waals surface area contributed by atoms with Crippen LogP contribution < -0.4 is 5.32 Å². The van der Waals surface area contributed by atoms with Crippen molar-refractivity contribution in [3.05, 3.63) is 0 Å². The molecular weight excluding hydrogens is 230 g/mol. The Labute approximate surface area is 109 Å². The van der Waals surface area contributed by atoms with Crippen molar-refractivity contribution in [2.45, 2.75) is 50.4 Å². The molecule has 1 aliphatic carbocycles. The van der Waals surface area contributed by atoms with E-state index in [-0.39, 0.29) is 0 Å². The van der Waals surface area contributed by atoms with Gasteiger partial charge < -0.3 is 19.5 Å². The predicted octanol–water partition coefficient (Wildman–Crippen LogP) is 1.34. The maximum Gasteiger partial charge on any atom is 0.0813 e. The molecule has 3 rings (SSSR count). The second kappa shape index (κ2) is 6.33. The maximum atomic E-state index is 5.99. The summed E-state index contributed by atoms with van der Waals surface area (Å²) in [5, 5.41) is 3.54. The molecule has 2 aliphatic heterocycles. The Bertz CT molecular complexity index is 251. The molecule has 0 aromatic heterocycles. The Morgan fingerprint density at radius 1 is 1.00 bits per heavy atom. The minimum Gasteiger partial charge on any atom is -0.381 e. The summed E-state index contributed by atoms with van der Waals surface area (Å²) in [4.78, 5) is 0. The highest BCUT2D eigenvalue weighted by atomic mass is 16.5. The van der Waals surface area contributed by atoms with E-state index >= 15 is 0 Å². The lowest BCUT2D eigenvalue weighted by Crippen LogP contribution is -2.29. The van der Waals surface area contributed by atoms with Gasteiger partial charge in [-0.05, 0) is 32.1 Å². The van der Waals surface area contributed by atoms with Gasteiger partial charge in [0.2, 0.25) is 0 Å². The molecule has 3 unspecified atom stereocenters. The third-order valence-corrected chi connectivity index (χ3v) is 4.09. The largest absolute Gasteiger partial charge is 0.381 e. The summed E-state index contributed by atoms with van der Waals surface area (Å²) in [6, 6.07) is 0.784. The highest BCUT2D eigenvalue weighted by Gasteiger charge is 2.28. The molecule has 18 heavy (non-hydrogen) atoms. The fourth-order valence-electron chi connectivity index (χ4n) is 2.72. The molecule has 0 radical (unpaired) electrons. The molecule has 1 saturated carbocycles. The minimum absolute atomic E-state index is 0.318. The van der Waals surface area contributed by atoms with E-state index < -0.39 is 0 Å². The van der Waals surface area contributed by atoms with Crippen molar-refractivity contribution in [3.8, 4) is 0 Å². The molecule has 1 N–H and O–H groups in total. The molecule has 2 saturated heterocycles. The van der Waals surface area contributed by atoms with Crippen LogP contribution in [0.3, 0.4) is 0 Å². The third kappa shape index (κ3) is 3.92. The summed E-state index contributed by atoms with van der Waals surface area (Å²) in [6.45, 7) is 4.40. The van der Waals surface area contributed by atoms with Crippen LogP contribution in [0.4, 0.5) is 0 Å². The van der Waals surface area contributed by atoms with Crippen LogP contribution in [0.5, 0.6) is 0 Å². The van der Waals surface area contributed by atoms with Crippen LogP contribution in [0.2, 0.25) is 0 Å². The van der Waals surface area contributed by atoms with Crippen LogP contribution in [0.1, 0.15) is 32.1 Å². The van der Waals surface area contributed by atoms with Crippen molar-refractivity contribution < 1.29 is 14.2 Å². The van der Waals surface area contributed by atoms with Gasteiger partial charge >= 0.3 is 0 Å². The molecule has 0 amide bonds. The van der Waals surface area contributed by atoms with Gasteiger partial charge in [0.25, 0.3) is 0 Å². The summed E-state index contributed by atoms with van der Waals surface area (Å²) >= 11 is 0. The van der Waals surface area contributed by atoms with Crippen LogP contribution in [0.15, 0.2) is 0 Å². The molecule has 4 nitrogen and oxygen atoms in total. The maximum absolute atomic E-state index is 5.99. The Kier molecular flexibility index (Phi) is 4.52. The third-order valence-electron chi connectivity index (χ3n) is 4.09. The quantitative estimate of drug-likeness (QED) is 0.745. The average Bonchev–Trinajstić information content (AvgIpc) is 2.89. The van der Waals surface area contributed by atoms with Crippen LogP contribution in [-0.4, -0.2) is 51.2 Å². The number of ether oxygens (including phenoxy) is 3. The number of rotatable bonds is 7. The van der Waals surface area contributed by atoms with Gasteiger partial charge in [0.05, 0.1) is 32.0 Å². The lowest BCUT2D eigenvalue weighted by Gasteiger charge is -2.15. The van der Waals surface area contributed by atoms with E-state index in [2.05, 4.69) is 5.32 Å². The fraction of sp³-hybridized carbons (Fsp3) is 1.00. The Balaban J connectivity index is 1.24. The zero-order chi connectivity index (χ0) is 12.2. The van der Waals surface area contributed by atoms with Crippen molar-refractivity contribution in [2.75, 3.05) is 33.0 Å². The SMILES string of the molecule is C1CC(COCC2CCC(CNC3CC3)O2)CO1. The molecular formula is C14H25NO3. The van der Waals surface area contributed by atoms with Gasteiger partial charge in [0.1, 0.15) is 0 Å². The molecule has 0 bridgehead atoms. The molecule has 4 heteroatoms. The molecule has 0 aromatic rings. The monoisotopic (exact) mass is 255 g/mol. The second-order valence-corrected chi connectivity index (χ2v) is 5.91. The van der Waals surface area contributed by atoms with E-state index in [1.165, 1.54) is 19.3 Å². The summed E-state index contributed by atoms with van der Waals surface area (Å²) in [5.41, 5.74) is 0. The summed E-state index contributed by atoms with van der Waals surface area (Å²) in [7, 11) is 0. The normalized spacial score (nSPS) is 36.3. The van der Waals surface area contributed by atoms with Crippen LogP contribution >= 0.6 is 0 Å². The zero-order valence-corrected chi connectivity index (χ0v) is 11.1. The number of nitrogens with one attached hydrogen (secondary N) is 1. The van der Waals surface area contributed by atoms with Gasteiger partial charge in [-0.25, -0.2) is 0 Å². The first-order chi connectivity index (χ1) is 8.90. The Morgan fingerprint density at radius 3 is 2.67 bits per heavy atom. The van der Waals surface area contributed by atoms with Gasteiger partial charge in [-0.1, -0.05) is 0 Å². The van der Waals surface area contributed by atoms with Crippen molar-refractivity contribution in [1.82, 2.24) is 5.32 Å². The summed E-state index contributed by atoms with van der Waals surface area (Å²) in [6.07, 6.45) is 6.91. The van der Waals surface area contributed by atoms with Gasteiger partial charge in [-0.3, -0.25) is 0 Å². The highest BCUT2D eigenvalue weighted by Crippen LogP contribution is 2.23. The second-order valence-electron chi connectivity index (χ2n) is 5.91. The smallest absolute Gasteiger partial charge is 0.0813 e. The van der Waals surface area contributed by atoms with Crippen molar-refractivity contribution in [2.24, 2.45) is 5.92 Å².